The van der Waals surface area contributed by atoms with E-state index in [9.17, 15) is 0 Å². The van der Waals surface area contributed by atoms with Gasteiger partial charge in [0.25, 0.3) is 0 Å². The van der Waals surface area contributed by atoms with Gasteiger partial charge < -0.3 is 5.32 Å². The minimum atomic E-state index is 0.269. The summed E-state index contributed by atoms with van der Waals surface area (Å²) in [6, 6.07) is 4.76. The van der Waals surface area contributed by atoms with Crippen molar-refractivity contribution in [3.05, 3.63) is 46.5 Å². The Hall–Kier alpha value is -1.68. The fourth-order valence-electron chi connectivity index (χ4n) is 2.98. The molecule has 4 heteroatoms. The van der Waals surface area contributed by atoms with Crippen molar-refractivity contribution in [3.63, 3.8) is 0 Å². The molecule has 0 saturated carbocycles. The number of hydrogen-bond donors (Lipinski definition) is 1. The fourth-order valence-corrected chi connectivity index (χ4v) is 2.98. The van der Waals surface area contributed by atoms with Gasteiger partial charge in [-0.25, -0.2) is 4.98 Å². The van der Waals surface area contributed by atoms with E-state index in [2.05, 4.69) is 55.2 Å². The Morgan fingerprint density at radius 3 is 2.40 bits per heavy atom. The van der Waals surface area contributed by atoms with Gasteiger partial charge in [0.05, 0.1) is 0 Å². The average molecular weight is 272 g/mol. The molecule has 1 unspecified atom stereocenters. The van der Waals surface area contributed by atoms with E-state index in [1.807, 2.05) is 11.7 Å². The molecular weight excluding hydrogens is 248 g/mol. The van der Waals surface area contributed by atoms with Crippen LogP contribution in [-0.2, 0) is 13.0 Å². The number of rotatable bonds is 5. The highest BCUT2D eigenvalue weighted by atomic mass is 15.3. The first kappa shape index (κ1) is 14.7. The molecule has 108 valence electrons. The summed E-state index contributed by atoms with van der Waals surface area (Å²) in [5, 5.41) is 7.68. The zero-order valence-corrected chi connectivity index (χ0v) is 13.1. The molecular formula is C16H24N4. The number of likely N-dealkylation sites (N-methyl/N-ethyl adjacent to an activating group) is 1. The predicted molar refractivity (Wildman–Crippen MR) is 81.9 cm³/mol. The van der Waals surface area contributed by atoms with Crippen molar-refractivity contribution in [2.75, 3.05) is 7.05 Å². The Bertz CT molecular complexity index is 563. The first-order chi connectivity index (χ1) is 9.56. The van der Waals surface area contributed by atoms with Crippen molar-refractivity contribution < 1.29 is 0 Å². The van der Waals surface area contributed by atoms with Crippen LogP contribution >= 0.6 is 0 Å². The van der Waals surface area contributed by atoms with Crippen molar-refractivity contribution in [3.8, 4) is 0 Å². The van der Waals surface area contributed by atoms with Crippen LogP contribution < -0.4 is 5.32 Å². The zero-order chi connectivity index (χ0) is 14.7. The summed E-state index contributed by atoms with van der Waals surface area (Å²) in [7, 11) is 2.01. The number of aryl methyl sites for hydroxylation is 4. The minimum absolute atomic E-state index is 0.269. The third-order valence-electron chi connectivity index (χ3n) is 3.82. The van der Waals surface area contributed by atoms with Crippen molar-refractivity contribution in [2.24, 2.45) is 0 Å². The Balaban J connectivity index is 2.34. The Morgan fingerprint density at radius 2 is 1.85 bits per heavy atom. The van der Waals surface area contributed by atoms with Crippen LogP contribution in [-0.4, -0.2) is 21.8 Å². The first-order valence-corrected chi connectivity index (χ1v) is 7.18. The largest absolute Gasteiger partial charge is 0.313 e. The SMILES string of the molecule is CCn1ncnc1CC(NC)c1c(C)cc(C)cc1C. The van der Waals surface area contributed by atoms with Crippen molar-refractivity contribution in [2.45, 2.75) is 46.7 Å². The minimum Gasteiger partial charge on any atom is -0.313 e. The van der Waals surface area contributed by atoms with E-state index in [-0.39, 0.29) is 6.04 Å². The van der Waals surface area contributed by atoms with Crippen LogP contribution in [0.2, 0.25) is 0 Å². The van der Waals surface area contributed by atoms with E-state index in [0.717, 1.165) is 18.8 Å². The monoisotopic (exact) mass is 272 g/mol. The molecule has 0 amide bonds. The number of nitrogens with zero attached hydrogens (tertiary/aromatic N) is 3. The lowest BCUT2D eigenvalue weighted by atomic mass is 9.92. The maximum absolute atomic E-state index is 4.39. The summed E-state index contributed by atoms with van der Waals surface area (Å²) in [6.45, 7) is 9.47. The van der Waals surface area contributed by atoms with E-state index >= 15 is 0 Å². The van der Waals surface area contributed by atoms with Gasteiger partial charge in [-0.2, -0.15) is 5.10 Å². The van der Waals surface area contributed by atoms with E-state index in [1.54, 1.807) is 6.33 Å². The summed E-state index contributed by atoms with van der Waals surface area (Å²) < 4.78 is 1.96. The van der Waals surface area contributed by atoms with Gasteiger partial charge in [-0.3, -0.25) is 4.68 Å². The first-order valence-electron chi connectivity index (χ1n) is 7.18. The lowest BCUT2D eigenvalue weighted by Crippen LogP contribution is -2.23. The molecule has 0 radical (unpaired) electrons. The number of aromatic nitrogens is 3. The highest BCUT2D eigenvalue weighted by Crippen LogP contribution is 2.25. The highest BCUT2D eigenvalue weighted by molar-refractivity contribution is 5.40. The van der Waals surface area contributed by atoms with Gasteiger partial charge in [-0.1, -0.05) is 17.7 Å². The number of benzene rings is 1. The molecule has 0 saturated heterocycles. The van der Waals surface area contributed by atoms with Gasteiger partial charge in [0.1, 0.15) is 12.2 Å². The van der Waals surface area contributed by atoms with Crippen molar-refractivity contribution >= 4 is 0 Å². The number of nitrogens with one attached hydrogen (secondary N) is 1. The second-order valence-electron chi connectivity index (χ2n) is 5.35. The normalized spacial score (nSPS) is 12.7. The summed E-state index contributed by atoms with van der Waals surface area (Å²) >= 11 is 0. The van der Waals surface area contributed by atoms with Gasteiger partial charge in [0, 0.05) is 19.0 Å². The average Bonchev–Trinajstić information content (AvgIpc) is 2.83. The molecule has 2 rings (SSSR count). The zero-order valence-electron chi connectivity index (χ0n) is 13.1. The van der Waals surface area contributed by atoms with Crippen LogP contribution in [0.4, 0.5) is 0 Å². The molecule has 1 N–H and O–H groups in total. The van der Waals surface area contributed by atoms with E-state index in [4.69, 9.17) is 0 Å². The Kier molecular flexibility index (Phi) is 4.55. The number of hydrogen-bond acceptors (Lipinski definition) is 3. The van der Waals surface area contributed by atoms with Gasteiger partial charge in [-0.15, -0.1) is 0 Å². The molecule has 0 fully saturated rings. The second-order valence-corrected chi connectivity index (χ2v) is 5.35. The molecule has 0 aliphatic carbocycles. The Labute approximate surface area is 121 Å². The van der Waals surface area contributed by atoms with Crippen LogP contribution in [0.5, 0.6) is 0 Å². The third kappa shape index (κ3) is 2.90. The molecule has 2 aromatic rings. The fraction of sp³-hybridized carbons (Fsp3) is 0.500. The van der Waals surface area contributed by atoms with Gasteiger partial charge >= 0.3 is 0 Å². The Morgan fingerprint density at radius 1 is 1.20 bits per heavy atom. The van der Waals surface area contributed by atoms with Crippen LogP contribution in [0.1, 0.15) is 41.0 Å². The lowest BCUT2D eigenvalue weighted by molar-refractivity contribution is 0.530. The molecule has 0 bridgehead atoms. The highest BCUT2D eigenvalue weighted by Gasteiger charge is 2.18. The molecule has 0 spiro atoms. The van der Waals surface area contributed by atoms with Gasteiger partial charge in [0.2, 0.25) is 0 Å². The van der Waals surface area contributed by atoms with E-state index in [1.165, 1.54) is 22.3 Å². The molecule has 20 heavy (non-hydrogen) atoms. The molecule has 4 nitrogen and oxygen atoms in total. The third-order valence-corrected chi connectivity index (χ3v) is 3.82. The topological polar surface area (TPSA) is 42.7 Å². The summed E-state index contributed by atoms with van der Waals surface area (Å²) in [6.07, 6.45) is 2.50. The molecule has 1 aromatic heterocycles. The standard InChI is InChI=1S/C16H24N4/c1-6-20-15(18-10-19-20)9-14(17-5)16-12(3)7-11(2)8-13(16)4/h7-8,10,14,17H,6,9H2,1-5H3. The second kappa shape index (κ2) is 6.18. The lowest BCUT2D eigenvalue weighted by Gasteiger charge is -2.21. The molecule has 0 aliphatic rings. The van der Waals surface area contributed by atoms with E-state index < -0.39 is 0 Å². The van der Waals surface area contributed by atoms with Gasteiger partial charge in [0.15, 0.2) is 0 Å². The molecule has 0 aliphatic heterocycles. The molecule has 1 atom stereocenters. The van der Waals surface area contributed by atoms with E-state index in [0.29, 0.717) is 0 Å². The summed E-state index contributed by atoms with van der Waals surface area (Å²) in [4.78, 5) is 4.39. The van der Waals surface area contributed by atoms with Crippen molar-refractivity contribution in [1.29, 1.82) is 0 Å². The quantitative estimate of drug-likeness (QED) is 0.910. The predicted octanol–water partition coefficient (Wildman–Crippen LogP) is 2.73. The van der Waals surface area contributed by atoms with Crippen molar-refractivity contribution in [1.82, 2.24) is 20.1 Å². The van der Waals surface area contributed by atoms with Crippen LogP contribution in [0.25, 0.3) is 0 Å². The van der Waals surface area contributed by atoms with Crippen LogP contribution in [0.15, 0.2) is 18.5 Å². The molecule has 1 aromatic carbocycles. The van der Waals surface area contributed by atoms with Gasteiger partial charge in [-0.05, 0) is 51.4 Å². The van der Waals surface area contributed by atoms with Crippen LogP contribution in [0, 0.1) is 20.8 Å². The van der Waals surface area contributed by atoms with Crippen LogP contribution in [0.3, 0.4) is 0 Å². The summed E-state index contributed by atoms with van der Waals surface area (Å²) in [5.41, 5.74) is 5.37. The maximum Gasteiger partial charge on any atom is 0.138 e. The molecule has 1 heterocycles. The summed E-state index contributed by atoms with van der Waals surface area (Å²) in [5.74, 6) is 1.03. The maximum atomic E-state index is 4.39. The smallest absolute Gasteiger partial charge is 0.138 e.